The second-order valence-electron chi connectivity index (χ2n) is 19.7. The van der Waals surface area contributed by atoms with Crippen molar-refractivity contribution in [1.29, 1.82) is 0 Å². The lowest BCUT2D eigenvalue weighted by molar-refractivity contribution is 0.306. The van der Waals surface area contributed by atoms with Crippen molar-refractivity contribution in [2.45, 2.75) is 57.5 Å². The van der Waals surface area contributed by atoms with Gasteiger partial charge in [-0.15, -0.1) is 0 Å². The highest BCUT2D eigenvalue weighted by atomic mass is 16.5. The first-order valence-electron chi connectivity index (χ1n) is 25.2. The van der Waals surface area contributed by atoms with Gasteiger partial charge in [0.2, 0.25) is 0 Å². The summed E-state index contributed by atoms with van der Waals surface area (Å²) in [6.07, 6.45) is 1.13. The Hall–Kier alpha value is -8.20. The van der Waals surface area contributed by atoms with Gasteiger partial charge in [0.05, 0.1) is 10.8 Å². The number of rotatable bonds is 12. The second kappa shape index (κ2) is 18.0. The molecule has 0 heterocycles. The zero-order chi connectivity index (χ0) is 48.1. The van der Waals surface area contributed by atoms with Gasteiger partial charge in [0, 0.05) is 17.1 Å². The molecule has 10 aromatic rings. The standard InChI is InChI=1S/C69H57NO/c1-5-49(4)51-31-29-50(30-32-51)46-71-59-37-33-54(34-38-59)69(55-42-47(2)41-48(3)43-55)65-28-18-16-26-61(65)63-40-36-58(45-67(63)69)70(56-23-13-8-14-24-56)57-35-39-62-60-25-15-17-27-64(60)68(66(62)44-57,52-19-9-6-10-20-52)53-21-11-7-12-22-53/h6-45,49H,5,46H2,1-4H3. The second-order valence-corrected chi connectivity index (χ2v) is 19.7. The Bertz CT molecular complexity index is 3480. The minimum Gasteiger partial charge on any atom is -0.489 e. The third-order valence-electron chi connectivity index (χ3n) is 15.5. The van der Waals surface area contributed by atoms with Crippen molar-refractivity contribution in [3.8, 4) is 28.0 Å². The van der Waals surface area contributed by atoms with E-state index in [0.717, 1.165) is 29.2 Å². The first-order valence-corrected chi connectivity index (χ1v) is 25.2. The molecule has 0 aliphatic heterocycles. The van der Waals surface area contributed by atoms with Gasteiger partial charge in [-0.3, -0.25) is 0 Å². The number of benzene rings is 10. The van der Waals surface area contributed by atoms with Crippen molar-refractivity contribution in [3.63, 3.8) is 0 Å². The summed E-state index contributed by atoms with van der Waals surface area (Å²) in [7, 11) is 0. The number of nitrogens with zero attached hydrogens (tertiary/aromatic N) is 1. The minimum atomic E-state index is -0.624. The van der Waals surface area contributed by atoms with E-state index in [9.17, 15) is 0 Å². The molecule has 2 heteroatoms. The fourth-order valence-electron chi connectivity index (χ4n) is 12.1. The molecule has 71 heavy (non-hydrogen) atoms. The van der Waals surface area contributed by atoms with Crippen molar-refractivity contribution >= 4 is 17.1 Å². The maximum atomic E-state index is 6.52. The van der Waals surface area contributed by atoms with Crippen LogP contribution in [-0.4, -0.2) is 0 Å². The van der Waals surface area contributed by atoms with E-state index >= 15 is 0 Å². The highest BCUT2D eigenvalue weighted by Gasteiger charge is 2.48. The van der Waals surface area contributed by atoms with Crippen LogP contribution >= 0.6 is 0 Å². The molecule has 2 aliphatic carbocycles. The van der Waals surface area contributed by atoms with Crippen LogP contribution in [0.3, 0.4) is 0 Å². The van der Waals surface area contributed by atoms with Crippen LogP contribution in [0.2, 0.25) is 0 Å². The van der Waals surface area contributed by atoms with Crippen LogP contribution in [-0.2, 0) is 17.4 Å². The van der Waals surface area contributed by atoms with Gasteiger partial charge < -0.3 is 9.64 Å². The molecule has 344 valence electrons. The topological polar surface area (TPSA) is 12.5 Å². The molecule has 10 aromatic carbocycles. The molecule has 0 saturated heterocycles. The molecule has 2 unspecified atom stereocenters. The number of ether oxygens (including phenoxy) is 1. The zero-order valence-corrected chi connectivity index (χ0v) is 40.9. The summed E-state index contributed by atoms with van der Waals surface area (Å²) in [6, 6.07) is 90.4. The Morgan fingerprint density at radius 3 is 1.37 bits per heavy atom. The van der Waals surface area contributed by atoms with E-state index in [-0.39, 0.29) is 0 Å². The highest BCUT2D eigenvalue weighted by Crippen LogP contribution is 2.60. The number of fused-ring (bicyclic) bond motifs is 6. The molecule has 0 amide bonds. The Balaban J connectivity index is 1.04. The van der Waals surface area contributed by atoms with E-state index in [4.69, 9.17) is 4.74 Å². The Morgan fingerprint density at radius 2 is 0.845 bits per heavy atom. The number of anilines is 3. The lowest BCUT2D eigenvalue weighted by atomic mass is 9.67. The van der Waals surface area contributed by atoms with Gasteiger partial charge in [-0.25, -0.2) is 0 Å². The van der Waals surface area contributed by atoms with Crippen LogP contribution in [0.1, 0.15) is 92.9 Å². The van der Waals surface area contributed by atoms with E-state index in [2.05, 4.69) is 275 Å². The summed E-state index contributed by atoms with van der Waals surface area (Å²) in [5.74, 6) is 1.40. The van der Waals surface area contributed by atoms with Crippen LogP contribution in [0.15, 0.2) is 243 Å². The van der Waals surface area contributed by atoms with Crippen LogP contribution in [0, 0.1) is 13.8 Å². The molecular weight excluding hydrogens is 859 g/mol. The van der Waals surface area contributed by atoms with E-state index in [0.29, 0.717) is 12.5 Å². The summed E-state index contributed by atoms with van der Waals surface area (Å²) in [4.78, 5) is 2.46. The lowest BCUT2D eigenvalue weighted by Crippen LogP contribution is -2.29. The molecule has 0 radical (unpaired) electrons. The maximum Gasteiger partial charge on any atom is 0.119 e. The predicted molar refractivity (Wildman–Crippen MR) is 295 cm³/mol. The van der Waals surface area contributed by atoms with Crippen LogP contribution < -0.4 is 9.64 Å². The maximum absolute atomic E-state index is 6.52. The normalized spacial score (nSPS) is 15.3. The fraction of sp³-hybridized carbons (Fsp3) is 0.130. The van der Waals surface area contributed by atoms with E-state index < -0.39 is 10.8 Å². The largest absolute Gasteiger partial charge is 0.489 e. The van der Waals surface area contributed by atoms with Crippen LogP contribution in [0.4, 0.5) is 17.1 Å². The number of hydrogen-bond donors (Lipinski definition) is 0. The SMILES string of the molecule is CCC(C)c1ccc(COc2ccc(C3(c4cc(C)cc(C)c4)c4ccccc4-c4ccc(N(c5ccccc5)c5ccc6c(c5)C(c5ccccc5)(c5ccccc5)c5ccccc5-6)cc43)cc2)cc1. The summed E-state index contributed by atoms with van der Waals surface area (Å²) in [5.41, 5.74) is 22.3. The summed E-state index contributed by atoms with van der Waals surface area (Å²) in [6.45, 7) is 9.49. The molecule has 2 atom stereocenters. The van der Waals surface area contributed by atoms with Crippen LogP contribution in [0.5, 0.6) is 5.75 Å². The number of aryl methyl sites for hydroxylation is 2. The molecule has 0 saturated carbocycles. The molecule has 0 spiro atoms. The Morgan fingerprint density at radius 1 is 0.394 bits per heavy atom. The molecule has 0 N–H and O–H groups in total. The van der Waals surface area contributed by atoms with Gasteiger partial charge in [0.25, 0.3) is 0 Å². The van der Waals surface area contributed by atoms with Gasteiger partial charge in [-0.05, 0) is 153 Å². The zero-order valence-electron chi connectivity index (χ0n) is 40.9. The number of para-hydroxylation sites is 1. The van der Waals surface area contributed by atoms with Crippen molar-refractivity contribution < 1.29 is 4.74 Å². The molecule has 0 aromatic heterocycles. The highest BCUT2D eigenvalue weighted by molar-refractivity contribution is 5.92. The third kappa shape index (κ3) is 7.23. The van der Waals surface area contributed by atoms with Crippen molar-refractivity contribution in [2.75, 3.05) is 4.90 Å². The molecule has 2 nitrogen and oxygen atoms in total. The fourth-order valence-corrected chi connectivity index (χ4v) is 12.1. The lowest BCUT2D eigenvalue weighted by Gasteiger charge is -2.36. The van der Waals surface area contributed by atoms with Crippen LogP contribution in [0.25, 0.3) is 22.3 Å². The third-order valence-corrected chi connectivity index (χ3v) is 15.5. The van der Waals surface area contributed by atoms with Gasteiger partial charge in [-0.2, -0.15) is 0 Å². The van der Waals surface area contributed by atoms with Crippen molar-refractivity contribution in [3.05, 3.63) is 309 Å². The van der Waals surface area contributed by atoms with E-state index in [1.165, 1.54) is 89.0 Å². The van der Waals surface area contributed by atoms with E-state index in [1.54, 1.807) is 0 Å². The first-order chi connectivity index (χ1) is 34.9. The summed E-state index contributed by atoms with van der Waals surface area (Å²) < 4.78 is 6.52. The van der Waals surface area contributed by atoms with Gasteiger partial charge in [-0.1, -0.05) is 219 Å². The van der Waals surface area contributed by atoms with E-state index in [1.807, 2.05) is 0 Å². The number of hydrogen-bond acceptors (Lipinski definition) is 2. The average molecular weight is 916 g/mol. The van der Waals surface area contributed by atoms with Gasteiger partial charge in [0.1, 0.15) is 12.4 Å². The molecule has 2 aliphatic rings. The Kier molecular flexibility index (Phi) is 11.1. The summed E-state index contributed by atoms with van der Waals surface area (Å²) in [5, 5.41) is 0. The predicted octanol–water partition coefficient (Wildman–Crippen LogP) is 17.6. The molecule has 12 rings (SSSR count). The Labute approximate surface area is 419 Å². The molecule has 0 fully saturated rings. The average Bonchev–Trinajstić information content (AvgIpc) is 3.89. The molecular formula is C69H57NO. The van der Waals surface area contributed by atoms with Crippen molar-refractivity contribution in [1.82, 2.24) is 0 Å². The van der Waals surface area contributed by atoms with Gasteiger partial charge >= 0.3 is 0 Å². The first kappa shape index (κ1) is 44.0. The quantitative estimate of drug-likeness (QED) is 0.121. The van der Waals surface area contributed by atoms with Gasteiger partial charge in [0.15, 0.2) is 0 Å². The summed E-state index contributed by atoms with van der Waals surface area (Å²) >= 11 is 0. The smallest absolute Gasteiger partial charge is 0.119 e. The molecule has 0 bridgehead atoms. The minimum absolute atomic E-state index is 0.513. The monoisotopic (exact) mass is 915 g/mol. The van der Waals surface area contributed by atoms with Crippen molar-refractivity contribution in [2.24, 2.45) is 0 Å².